The lowest BCUT2D eigenvalue weighted by atomic mass is 10.1. The second-order valence-electron chi connectivity index (χ2n) is 6.65. The van der Waals surface area contributed by atoms with E-state index in [-0.39, 0.29) is 0 Å². The molecule has 18 heavy (non-hydrogen) atoms. The van der Waals surface area contributed by atoms with Crippen molar-refractivity contribution in [1.82, 2.24) is 0 Å². The Hall–Kier alpha value is -0.0800. The van der Waals surface area contributed by atoms with E-state index in [0.29, 0.717) is 0 Å². The molecule has 0 aliphatic carbocycles. The molecule has 0 saturated carbocycles. The average molecular weight is 258 g/mol. The van der Waals surface area contributed by atoms with E-state index in [9.17, 15) is 0 Å². The molecule has 0 aromatic rings. The van der Waals surface area contributed by atoms with E-state index in [0.717, 1.165) is 23.7 Å². The quantitative estimate of drug-likeness (QED) is 0.286. The monoisotopic (exact) mass is 258 g/mol. The van der Waals surface area contributed by atoms with Crippen molar-refractivity contribution in [2.45, 2.75) is 65.7 Å². The van der Waals surface area contributed by atoms with Gasteiger partial charge in [0.1, 0.15) is 0 Å². The molecule has 0 saturated heterocycles. The first-order valence-corrected chi connectivity index (χ1v) is 7.87. The summed E-state index contributed by atoms with van der Waals surface area (Å²) in [5.74, 6) is 0.749. The third kappa shape index (κ3) is 12.4. The van der Waals surface area contributed by atoms with Crippen LogP contribution in [0.4, 0.5) is 0 Å². The van der Waals surface area contributed by atoms with Crippen molar-refractivity contribution < 1.29 is 9.22 Å². The first-order valence-electron chi connectivity index (χ1n) is 7.87. The van der Waals surface area contributed by atoms with Crippen molar-refractivity contribution in [1.29, 1.82) is 0 Å². The first kappa shape index (κ1) is 17.9. The van der Waals surface area contributed by atoms with Crippen LogP contribution >= 0.6 is 0 Å². The lowest BCUT2D eigenvalue weighted by Crippen LogP contribution is -2.42. The fourth-order valence-corrected chi connectivity index (χ4v) is 2.02. The Balaban J connectivity index is 3.42. The first-order chi connectivity index (χ1) is 8.48. The molecule has 0 radical (unpaired) electrons. The largest absolute Gasteiger partial charge is 0.332 e. The lowest BCUT2D eigenvalue weighted by molar-refractivity contribution is -0.910. The number of nitrogens with zero attached hydrogens (tertiary/aromatic N) is 1. The molecule has 0 amide bonds. The summed E-state index contributed by atoms with van der Waals surface area (Å²) in [4.78, 5) is 0. The van der Waals surface area contributed by atoms with Gasteiger partial charge in [-0.1, -0.05) is 46.5 Å². The normalized spacial score (nSPS) is 12.3. The Kier molecular flexibility index (Phi) is 10.8. The number of rotatable bonds is 12. The maximum atomic E-state index is 5.78. The van der Waals surface area contributed by atoms with Crippen molar-refractivity contribution in [3.8, 4) is 0 Å². The van der Waals surface area contributed by atoms with E-state index in [1.54, 1.807) is 0 Å². The van der Waals surface area contributed by atoms with E-state index >= 15 is 0 Å². The van der Waals surface area contributed by atoms with Crippen LogP contribution in [0.3, 0.4) is 0 Å². The summed E-state index contributed by atoms with van der Waals surface area (Å²) in [6.07, 6.45) is 9.45. The summed E-state index contributed by atoms with van der Waals surface area (Å²) in [5, 5.41) is 0. The van der Waals surface area contributed by atoms with Crippen LogP contribution in [0.15, 0.2) is 0 Å². The van der Waals surface area contributed by atoms with Gasteiger partial charge in [-0.25, -0.2) is 0 Å². The van der Waals surface area contributed by atoms with Gasteiger partial charge in [0.25, 0.3) is 0 Å². The molecule has 110 valence electrons. The highest BCUT2D eigenvalue weighted by Gasteiger charge is 2.14. The zero-order valence-electron chi connectivity index (χ0n) is 13.5. The van der Waals surface area contributed by atoms with Gasteiger partial charge in [0.15, 0.2) is 6.73 Å². The van der Waals surface area contributed by atoms with Crippen molar-refractivity contribution in [3.05, 3.63) is 0 Å². The molecule has 0 aromatic heterocycles. The fourth-order valence-electron chi connectivity index (χ4n) is 2.02. The van der Waals surface area contributed by atoms with Gasteiger partial charge < -0.3 is 9.22 Å². The lowest BCUT2D eigenvalue weighted by Gasteiger charge is -2.29. The molecule has 0 aliphatic rings. The van der Waals surface area contributed by atoms with Crippen LogP contribution in [0.5, 0.6) is 0 Å². The fraction of sp³-hybridized carbons (Fsp3) is 1.00. The molecule has 0 aromatic carbocycles. The summed E-state index contributed by atoms with van der Waals surface area (Å²) in [5.41, 5.74) is 0. The third-order valence-electron chi connectivity index (χ3n) is 3.40. The minimum Gasteiger partial charge on any atom is -0.332 e. The smallest absolute Gasteiger partial charge is 0.182 e. The second kappa shape index (κ2) is 10.8. The van der Waals surface area contributed by atoms with Crippen LogP contribution in [0.2, 0.25) is 0 Å². The number of quaternary nitrogens is 1. The third-order valence-corrected chi connectivity index (χ3v) is 3.40. The standard InChI is InChI=1S/C16H36NO/c1-6-7-8-9-10-11-13-17(4,5)15-18-14-12-16(2)3/h16H,6-15H2,1-5H3/q+1. The molecule has 0 unspecified atom stereocenters. The Bertz CT molecular complexity index is 178. The van der Waals surface area contributed by atoms with Gasteiger partial charge in [0.05, 0.1) is 27.2 Å². The van der Waals surface area contributed by atoms with E-state index in [1.165, 1.54) is 51.5 Å². The Morgan fingerprint density at radius 3 is 2.17 bits per heavy atom. The van der Waals surface area contributed by atoms with E-state index in [2.05, 4.69) is 34.9 Å². The highest BCUT2D eigenvalue weighted by molar-refractivity contribution is 4.44. The predicted octanol–water partition coefficient (Wildman–Crippen LogP) is 4.44. The maximum absolute atomic E-state index is 5.78. The summed E-state index contributed by atoms with van der Waals surface area (Å²) in [6, 6.07) is 0. The van der Waals surface area contributed by atoms with Gasteiger partial charge in [0, 0.05) is 0 Å². The summed E-state index contributed by atoms with van der Waals surface area (Å²) < 4.78 is 6.78. The Morgan fingerprint density at radius 2 is 1.56 bits per heavy atom. The zero-order chi connectivity index (χ0) is 13.9. The Labute approximate surface area is 115 Å². The molecule has 2 nitrogen and oxygen atoms in total. The summed E-state index contributed by atoms with van der Waals surface area (Å²) in [7, 11) is 4.56. The molecule has 0 aliphatic heterocycles. The molecule has 0 bridgehead atoms. The van der Waals surface area contributed by atoms with Gasteiger partial charge in [0.2, 0.25) is 0 Å². The summed E-state index contributed by atoms with van der Waals surface area (Å²) >= 11 is 0. The minimum atomic E-state index is 0.749. The van der Waals surface area contributed by atoms with Crippen LogP contribution in [-0.2, 0) is 4.74 Å². The minimum absolute atomic E-state index is 0.749. The Morgan fingerprint density at radius 1 is 0.944 bits per heavy atom. The predicted molar refractivity (Wildman–Crippen MR) is 80.6 cm³/mol. The molecular formula is C16H36NO+. The topological polar surface area (TPSA) is 9.23 Å². The number of hydrogen-bond acceptors (Lipinski definition) is 1. The van der Waals surface area contributed by atoms with Crippen LogP contribution < -0.4 is 0 Å². The molecule has 2 heteroatoms. The SMILES string of the molecule is CCCCCCCC[N+](C)(C)COCCC(C)C. The van der Waals surface area contributed by atoms with Crippen molar-refractivity contribution in [3.63, 3.8) is 0 Å². The van der Waals surface area contributed by atoms with Crippen molar-refractivity contribution in [2.24, 2.45) is 5.92 Å². The molecule has 0 fully saturated rings. The van der Waals surface area contributed by atoms with Crippen LogP contribution in [0, 0.1) is 5.92 Å². The highest BCUT2D eigenvalue weighted by atomic mass is 16.5. The van der Waals surface area contributed by atoms with Crippen LogP contribution in [-0.4, -0.2) is 38.5 Å². The van der Waals surface area contributed by atoms with Crippen molar-refractivity contribution >= 4 is 0 Å². The maximum Gasteiger partial charge on any atom is 0.182 e. The van der Waals surface area contributed by atoms with Crippen LogP contribution in [0.25, 0.3) is 0 Å². The highest BCUT2D eigenvalue weighted by Crippen LogP contribution is 2.08. The number of hydrogen-bond donors (Lipinski definition) is 0. The van der Waals surface area contributed by atoms with Gasteiger partial charge in [-0.3, -0.25) is 0 Å². The average Bonchev–Trinajstić information content (AvgIpc) is 2.29. The summed E-state index contributed by atoms with van der Waals surface area (Å²) in [6.45, 7) is 9.79. The zero-order valence-corrected chi connectivity index (χ0v) is 13.5. The van der Waals surface area contributed by atoms with Gasteiger partial charge in [-0.05, 0) is 25.2 Å². The van der Waals surface area contributed by atoms with Gasteiger partial charge in [-0.15, -0.1) is 0 Å². The van der Waals surface area contributed by atoms with Crippen LogP contribution in [0.1, 0.15) is 65.7 Å². The molecule has 0 heterocycles. The molecular weight excluding hydrogens is 222 g/mol. The van der Waals surface area contributed by atoms with Gasteiger partial charge >= 0.3 is 0 Å². The number of unbranched alkanes of at least 4 members (excludes halogenated alkanes) is 5. The molecule has 0 N–H and O–H groups in total. The second-order valence-corrected chi connectivity index (χ2v) is 6.65. The molecule has 0 spiro atoms. The van der Waals surface area contributed by atoms with E-state index in [4.69, 9.17) is 4.74 Å². The number of ether oxygens (including phenoxy) is 1. The van der Waals surface area contributed by atoms with E-state index < -0.39 is 0 Å². The van der Waals surface area contributed by atoms with Crippen molar-refractivity contribution in [2.75, 3.05) is 34.0 Å². The van der Waals surface area contributed by atoms with E-state index in [1.807, 2.05) is 0 Å². The van der Waals surface area contributed by atoms with Gasteiger partial charge in [-0.2, -0.15) is 0 Å². The molecule has 0 rings (SSSR count). The molecule has 0 atom stereocenters.